The molecule has 0 saturated carbocycles. The SMILES string of the molecule is COC(=O)N[C@H](C(=O)N1CCC[C@H]1c1ncc(-c2ccc3c(c2)cc2c4ccc(-c5cnc([C@@H]6CCCN6C(=O)[C@@H](NC(=O)OC)C(C)C)[nH]5)cc4ncn32)[nH]1)C(C)C. The van der Waals surface area contributed by atoms with Crippen LogP contribution in [-0.2, 0) is 19.1 Å². The third-order valence-corrected chi connectivity index (χ3v) is 11.7. The van der Waals surface area contributed by atoms with Gasteiger partial charge in [0.15, 0.2) is 0 Å². The van der Waals surface area contributed by atoms with E-state index in [0.29, 0.717) is 24.7 Å². The van der Waals surface area contributed by atoms with Crippen molar-refractivity contribution in [3.63, 3.8) is 0 Å². The molecule has 2 aliphatic heterocycles. The molecule has 6 aromatic rings. The van der Waals surface area contributed by atoms with E-state index in [4.69, 9.17) is 24.4 Å². The average molecular weight is 803 g/mol. The standard InChI is InChI=1S/C43H50N10O6/c1-23(2)36(49-42(56)58-5)40(54)51-15-7-9-33(51)38-44-20-30(47-38)25-12-14-32-27(17-25)19-35-28-13-11-26(18-29(28)46-22-53(32)35)31-21-45-39(48-31)34-10-8-16-52(34)41(55)37(24(3)4)50-43(57)59-6/h11-14,17-24,33-34,36-37H,7-10,15-16H2,1-6H3,(H,44,47)(H,45,48)(H,49,56)(H,50,57)/t33-,34-,36-,37-/m0/s1. The molecule has 4 atom stereocenters. The number of carbonyl (C=O) groups excluding carboxylic acids is 4. The monoisotopic (exact) mass is 802 g/mol. The van der Waals surface area contributed by atoms with Gasteiger partial charge in [-0.25, -0.2) is 24.5 Å². The van der Waals surface area contributed by atoms with Crippen molar-refractivity contribution in [1.29, 1.82) is 0 Å². The van der Waals surface area contributed by atoms with Gasteiger partial charge >= 0.3 is 12.2 Å². The number of aromatic nitrogens is 6. The number of nitrogens with zero attached hydrogens (tertiary/aromatic N) is 6. The summed E-state index contributed by atoms with van der Waals surface area (Å²) in [6.45, 7) is 8.76. The molecule has 4 aromatic heterocycles. The van der Waals surface area contributed by atoms with E-state index < -0.39 is 24.3 Å². The fraction of sp³-hybridized carbons (Fsp3) is 0.419. The number of amides is 4. The molecule has 16 heteroatoms. The Kier molecular flexibility index (Phi) is 10.7. The zero-order chi connectivity index (χ0) is 41.5. The number of H-pyrrole nitrogens is 2. The summed E-state index contributed by atoms with van der Waals surface area (Å²) in [7, 11) is 2.58. The largest absolute Gasteiger partial charge is 0.453 e. The van der Waals surface area contributed by atoms with Crippen LogP contribution in [0.5, 0.6) is 0 Å². The van der Waals surface area contributed by atoms with Crippen LogP contribution in [0.25, 0.3) is 49.8 Å². The highest BCUT2D eigenvalue weighted by atomic mass is 16.5. The summed E-state index contributed by atoms with van der Waals surface area (Å²) in [6.07, 6.45) is 7.40. The fourth-order valence-electron chi connectivity index (χ4n) is 8.57. The molecule has 0 radical (unpaired) electrons. The van der Waals surface area contributed by atoms with E-state index in [1.807, 2.05) is 51.2 Å². The number of fused-ring (bicyclic) bond motifs is 5. The Hall–Kier alpha value is -6.45. The number of alkyl carbamates (subject to hydrolysis) is 2. The number of ether oxygens (including phenoxy) is 2. The van der Waals surface area contributed by atoms with Crippen LogP contribution < -0.4 is 10.6 Å². The zero-order valence-corrected chi connectivity index (χ0v) is 34.1. The second-order valence-corrected chi connectivity index (χ2v) is 16.1. The van der Waals surface area contributed by atoms with Crippen molar-refractivity contribution in [1.82, 2.24) is 49.8 Å². The lowest BCUT2D eigenvalue weighted by molar-refractivity contribution is -0.136. The van der Waals surface area contributed by atoms with E-state index in [-0.39, 0.29) is 35.7 Å². The number of imidazole rings is 2. The van der Waals surface area contributed by atoms with Crippen LogP contribution in [-0.4, -0.2) is 103 Å². The van der Waals surface area contributed by atoms with Gasteiger partial charge in [-0.1, -0.05) is 45.9 Å². The summed E-state index contributed by atoms with van der Waals surface area (Å²) in [5, 5.41) is 7.44. The third kappa shape index (κ3) is 7.43. The Bertz CT molecular complexity index is 2560. The Morgan fingerprint density at radius 1 is 0.695 bits per heavy atom. The molecule has 59 heavy (non-hydrogen) atoms. The quantitative estimate of drug-likeness (QED) is 0.120. The lowest BCUT2D eigenvalue weighted by Gasteiger charge is -2.30. The number of benzene rings is 2. The molecule has 2 aromatic carbocycles. The fourth-order valence-corrected chi connectivity index (χ4v) is 8.57. The first-order chi connectivity index (χ1) is 28.4. The van der Waals surface area contributed by atoms with Gasteiger partial charge in [-0.05, 0) is 61.8 Å². The minimum absolute atomic E-state index is 0.116. The van der Waals surface area contributed by atoms with Gasteiger partial charge < -0.3 is 39.9 Å². The minimum atomic E-state index is -0.703. The molecule has 0 spiro atoms. The second kappa shape index (κ2) is 16.1. The van der Waals surface area contributed by atoms with Gasteiger partial charge in [0.1, 0.15) is 30.1 Å². The van der Waals surface area contributed by atoms with Crippen molar-refractivity contribution in [3.05, 3.63) is 72.8 Å². The second-order valence-electron chi connectivity index (χ2n) is 16.1. The van der Waals surface area contributed by atoms with Gasteiger partial charge in [-0.15, -0.1) is 0 Å². The van der Waals surface area contributed by atoms with E-state index in [9.17, 15) is 19.2 Å². The van der Waals surface area contributed by atoms with E-state index in [2.05, 4.69) is 61.4 Å². The number of methoxy groups -OCH3 is 2. The summed E-state index contributed by atoms with van der Waals surface area (Å²) >= 11 is 0. The van der Waals surface area contributed by atoms with Crippen LogP contribution in [0.15, 0.2) is 61.2 Å². The lowest BCUT2D eigenvalue weighted by Crippen LogP contribution is -2.51. The van der Waals surface area contributed by atoms with Crippen LogP contribution in [0.3, 0.4) is 0 Å². The molecule has 4 amide bonds. The highest BCUT2D eigenvalue weighted by Gasteiger charge is 2.39. The molecule has 2 saturated heterocycles. The van der Waals surface area contributed by atoms with Gasteiger partial charge in [0.05, 0.1) is 66.6 Å². The van der Waals surface area contributed by atoms with Gasteiger partial charge in [-0.2, -0.15) is 0 Å². The zero-order valence-electron chi connectivity index (χ0n) is 34.1. The van der Waals surface area contributed by atoms with E-state index in [1.165, 1.54) is 14.2 Å². The number of likely N-dealkylation sites (tertiary alicyclic amines) is 2. The van der Waals surface area contributed by atoms with Crippen molar-refractivity contribution in [2.24, 2.45) is 11.8 Å². The van der Waals surface area contributed by atoms with E-state index >= 15 is 0 Å². The maximum Gasteiger partial charge on any atom is 0.407 e. The molecule has 16 nitrogen and oxygen atoms in total. The van der Waals surface area contributed by atoms with Crippen molar-refractivity contribution in [2.75, 3.05) is 27.3 Å². The van der Waals surface area contributed by atoms with Crippen LogP contribution in [0.4, 0.5) is 9.59 Å². The Morgan fingerprint density at radius 2 is 1.22 bits per heavy atom. The number of rotatable bonds is 10. The predicted molar refractivity (Wildman–Crippen MR) is 221 cm³/mol. The first-order valence-electron chi connectivity index (χ1n) is 20.2. The molecule has 4 N–H and O–H groups in total. The average Bonchev–Trinajstić information content (AvgIpc) is 4.09. The smallest absolute Gasteiger partial charge is 0.407 e. The first-order valence-corrected chi connectivity index (χ1v) is 20.2. The van der Waals surface area contributed by atoms with Crippen molar-refractivity contribution in [2.45, 2.75) is 77.5 Å². The summed E-state index contributed by atoms with van der Waals surface area (Å²) < 4.78 is 11.6. The van der Waals surface area contributed by atoms with Gasteiger partial charge in [-0.3, -0.25) is 14.0 Å². The molecule has 2 fully saturated rings. The molecular formula is C43H50N10O6. The van der Waals surface area contributed by atoms with Gasteiger partial charge in [0, 0.05) is 35.0 Å². The topological polar surface area (TPSA) is 192 Å². The van der Waals surface area contributed by atoms with Gasteiger partial charge in [0.2, 0.25) is 11.8 Å². The Labute approximate surface area is 341 Å². The number of hydrogen-bond acceptors (Lipinski definition) is 9. The number of aromatic amines is 2. The van der Waals surface area contributed by atoms with Crippen LogP contribution in [0, 0.1) is 11.8 Å². The summed E-state index contributed by atoms with van der Waals surface area (Å²) in [4.78, 5) is 76.1. The normalized spacial score (nSPS) is 18.0. The first kappa shape index (κ1) is 39.4. The summed E-state index contributed by atoms with van der Waals surface area (Å²) in [5.41, 5.74) is 6.42. The third-order valence-electron chi connectivity index (χ3n) is 11.7. The number of nitrogens with one attached hydrogen (secondary N) is 4. The Balaban J connectivity index is 1.02. The maximum absolute atomic E-state index is 13.6. The minimum Gasteiger partial charge on any atom is -0.453 e. The molecule has 0 unspecified atom stereocenters. The Morgan fingerprint density at radius 3 is 1.75 bits per heavy atom. The van der Waals surface area contributed by atoms with E-state index in [0.717, 1.165) is 75.5 Å². The molecule has 6 heterocycles. The molecule has 2 aliphatic rings. The molecule has 0 aliphatic carbocycles. The van der Waals surface area contributed by atoms with Gasteiger partial charge in [0.25, 0.3) is 0 Å². The maximum atomic E-state index is 13.6. The van der Waals surface area contributed by atoms with Crippen molar-refractivity contribution in [3.8, 4) is 22.5 Å². The van der Waals surface area contributed by atoms with Crippen LogP contribution >= 0.6 is 0 Å². The summed E-state index contributed by atoms with van der Waals surface area (Å²) in [6, 6.07) is 12.7. The van der Waals surface area contributed by atoms with E-state index in [1.54, 1.807) is 11.1 Å². The molecule has 8 rings (SSSR count). The lowest BCUT2D eigenvalue weighted by atomic mass is 10.0. The van der Waals surface area contributed by atoms with Crippen molar-refractivity contribution < 1.29 is 28.7 Å². The number of carbonyl (C=O) groups is 4. The predicted octanol–water partition coefficient (Wildman–Crippen LogP) is 6.51. The highest BCUT2D eigenvalue weighted by molar-refractivity contribution is 6.02. The van der Waals surface area contributed by atoms with Crippen molar-refractivity contribution >= 4 is 51.3 Å². The molecular weight excluding hydrogens is 753 g/mol. The van der Waals surface area contributed by atoms with Crippen LogP contribution in [0.2, 0.25) is 0 Å². The molecule has 308 valence electrons. The highest BCUT2D eigenvalue weighted by Crippen LogP contribution is 2.36. The number of hydrogen-bond donors (Lipinski definition) is 4. The van der Waals surface area contributed by atoms with Crippen LogP contribution in [0.1, 0.15) is 77.1 Å². The summed E-state index contributed by atoms with van der Waals surface area (Å²) in [5.74, 6) is 0.886. The molecule has 0 bridgehead atoms.